The SMILES string of the molecule is C[S+](C)C.C[S+](C)C.C[S+](C)C.O=S(=O)([O-])O.O=S(=O)([O-])[O-]. The van der Waals surface area contributed by atoms with Crippen LogP contribution >= 0.6 is 0 Å². The molecule has 0 saturated heterocycles. The van der Waals surface area contributed by atoms with Gasteiger partial charge in [-0.2, -0.15) is 0 Å². The molecule has 22 heavy (non-hydrogen) atoms. The van der Waals surface area contributed by atoms with Crippen LogP contribution in [0.25, 0.3) is 0 Å². The van der Waals surface area contributed by atoms with Crippen molar-refractivity contribution >= 4 is 53.5 Å². The van der Waals surface area contributed by atoms with Crippen LogP contribution in [0.3, 0.4) is 0 Å². The van der Waals surface area contributed by atoms with Gasteiger partial charge in [0, 0.05) is 10.4 Å². The van der Waals surface area contributed by atoms with Gasteiger partial charge in [-0.05, 0) is 32.7 Å². The van der Waals surface area contributed by atoms with Gasteiger partial charge in [0.25, 0.3) is 0 Å². The first-order chi connectivity index (χ1) is 9.20. The van der Waals surface area contributed by atoms with Crippen LogP contribution in [-0.2, 0) is 53.5 Å². The maximum absolute atomic E-state index is 8.63. The standard InChI is InChI=1S/3C3H9S.2H2O4S/c3*1-4(2)3;2*1-5(2,3)4/h3*1-3H3;2*(H2,1,2,3,4)/q3*+1;;/p-3. The van der Waals surface area contributed by atoms with Gasteiger partial charge in [-0.3, -0.25) is 13.0 Å². The zero-order valence-corrected chi connectivity index (χ0v) is 18.4. The molecule has 0 aliphatic rings. The van der Waals surface area contributed by atoms with Gasteiger partial charge in [-0.25, -0.2) is 8.42 Å². The molecular weight excluding hydrogens is 396 g/mol. The van der Waals surface area contributed by atoms with Crippen LogP contribution < -0.4 is 0 Å². The van der Waals surface area contributed by atoms with Crippen molar-refractivity contribution < 1.29 is 35.0 Å². The third-order valence-electron chi connectivity index (χ3n) is 0. The van der Waals surface area contributed by atoms with E-state index in [9.17, 15) is 0 Å². The summed E-state index contributed by atoms with van der Waals surface area (Å²) in [7, 11) is -8.17. The Hall–Kier alpha value is 0.790. The van der Waals surface area contributed by atoms with Crippen molar-refractivity contribution in [2.24, 2.45) is 0 Å². The molecule has 13 heteroatoms. The van der Waals surface area contributed by atoms with Crippen LogP contribution in [0.1, 0.15) is 0 Å². The molecule has 0 radical (unpaired) electrons. The minimum atomic E-state index is -5.17. The highest BCUT2D eigenvalue weighted by Crippen LogP contribution is 1.64. The minimum Gasteiger partial charge on any atom is -0.759 e. The first kappa shape index (κ1) is 34.2. The first-order valence-corrected chi connectivity index (χ1v) is 15.1. The average Bonchev–Trinajstić information content (AvgIpc) is 1.88. The van der Waals surface area contributed by atoms with E-state index in [1.807, 2.05) is 0 Å². The Bertz CT molecular complexity index is 320. The average molecular weight is 425 g/mol. The zero-order chi connectivity index (χ0) is 19.7. The number of hydrogen-bond donors (Lipinski definition) is 1. The van der Waals surface area contributed by atoms with E-state index in [1.165, 1.54) is 0 Å². The van der Waals surface area contributed by atoms with Crippen molar-refractivity contribution in [2.45, 2.75) is 0 Å². The van der Waals surface area contributed by atoms with Crippen molar-refractivity contribution in [3.05, 3.63) is 0 Å². The van der Waals surface area contributed by atoms with Crippen molar-refractivity contribution in [1.29, 1.82) is 0 Å². The summed E-state index contributed by atoms with van der Waals surface area (Å²) in [6, 6.07) is 0. The molecular formula is C9H28O8S5. The highest BCUT2D eigenvalue weighted by Gasteiger charge is 1.78. The predicted octanol–water partition coefficient (Wildman–Crippen LogP) is -0.851. The Kier molecular flexibility index (Phi) is 30.8. The lowest BCUT2D eigenvalue weighted by atomic mass is 11.9. The molecule has 0 aromatic heterocycles. The fraction of sp³-hybridized carbons (Fsp3) is 1.00. The normalized spacial score (nSPS) is 10.2. The minimum absolute atomic E-state index is 0.639. The van der Waals surface area contributed by atoms with Gasteiger partial charge in [0.15, 0.2) is 0 Å². The molecule has 0 bridgehead atoms. The smallest absolute Gasteiger partial charge is 0.215 e. The Morgan fingerprint density at radius 3 is 0.591 bits per heavy atom. The molecule has 0 aromatic rings. The Balaban J connectivity index is -0.0000000550. The second kappa shape index (κ2) is 19.8. The third-order valence-corrected chi connectivity index (χ3v) is 0. The summed E-state index contributed by atoms with van der Waals surface area (Å²) >= 11 is 0. The summed E-state index contributed by atoms with van der Waals surface area (Å²) in [5.74, 6) is 0. The van der Waals surface area contributed by atoms with Crippen molar-refractivity contribution in [3.63, 3.8) is 0 Å². The summed E-state index contributed by atoms with van der Waals surface area (Å²) in [5, 5.41) is 0. The van der Waals surface area contributed by atoms with E-state index in [1.54, 1.807) is 0 Å². The molecule has 0 saturated carbocycles. The van der Waals surface area contributed by atoms with Crippen LogP contribution in [0, 0.1) is 0 Å². The molecule has 142 valence electrons. The second-order valence-corrected chi connectivity index (χ2v) is 13.5. The van der Waals surface area contributed by atoms with Gasteiger partial charge in [0.1, 0.15) is 0 Å². The lowest BCUT2D eigenvalue weighted by Gasteiger charge is -2.06. The number of rotatable bonds is 0. The topological polar surface area (TPSA) is 158 Å². The third kappa shape index (κ3) is 13000. The van der Waals surface area contributed by atoms with Crippen LogP contribution in [0.5, 0.6) is 0 Å². The molecule has 0 heterocycles. The highest BCUT2D eigenvalue weighted by molar-refractivity contribution is 7.95. The molecule has 0 aliphatic heterocycles. The van der Waals surface area contributed by atoms with Crippen LogP contribution in [0.4, 0.5) is 0 Å². The van der Waals surface area contributed by atoms with Crippen LogP contribution in [-0.4, -0.2) is 91.3 Å². The molecule has 0 fully saturated rings. The summed E-state index contributed by atoms with van der Waals surface area (Å²) in [6.45, 7) is 0. The summed E-state index contributed by atoms with van der Waals surface area (Å²) in [4.78, 5) is 0. The van der Waals surface area contributed by atoms with Gasteiger partial charge in [0.2, 0.25) is 10.4 Å². The maximum Gasteiger partial charge on any atom is 0.215 e. The zero-order valence-electron chi connectivity index (χ0n) is 14.3. The molecule has 0 amide bonds. The lowest BCUT2D eigenvalue weighted by Crippen LogP contribution is -1.91. The Morgan fingerprint density at radius 2 is 0.591 bits per heavy atom. The van der Waals surface area contributed by atoms with E-state index >= 15 is 0 Å². The molecule has 0 aliphatic carbocycles. The monoisotopic (exact) mass is 424 g/mol. The van der Waals surface area contributed by atoms with Crippen molar-refractivity contribution in [1.82, 2.24) is 0 Å². The van der Waals surface area contributed by atoms with Crippen molar-refractivity contribution in [2.75, 3.05) is 56.3 Å². The lowest BCUT2D eigenvalue weighted by molar-refractivity contribution is 0.352. The van der Waals surface area contributed by atoms with Gasteiger partial charge in [0.05, 0.1) is 56.3 Å². The van der Waals surface area contributed by atoms with E-state index in [-0.39, 0.29) is 0 Å². The van der Waals surface area contributed by atoms with E-state index in [0.29, 0.717) is 32.7 Å². The predicted molar refractivity (Wildman–Crippen MR) is 98.2 cm³/mol. The van der Waals surface area contributed by atoms with E-state index in [0.717, 1.165) is 0 Å². The molecule has 0 spiro atoms. The quantitative estimate of drug-likeness (QED) is 0.299. The summed E-state index contributed by atoms with van der Waals surface area (Å²) in [5.41, 5.74) is 0. The van der Waals surface area contributed by atoms with E-state index < -0.39 is 20.8 Å². The number of hydrogen-bond acceptors (Lipinski definition) is 7. The molecule has 1 N–H and O–H groups in total. The van der Waals surface area contributed by atoms with Gasteiger partial charge in [-0.1, -0.05) is 0 Å². The molecule has 0 rings (SSSR count). The largest absolute Gasteiger partial charge is 0.759 e. The Morgan fingerprint density at radius 1 is 0.591 bits per heavy atom. The van der Waals surface area contributed by atoms with Gasteiger partial charge < -0.3 is 13.7 Å². The molecule has 0 aromatic carbocycles. The molecule has 8 nitrogen and oxygen atoms in total. The Labute approximate surface area is 144 Å². The van der Waals surface area contributed by atoms with E-state index in [4.69, 9.17) is 35.0 Å². The first-order valence-electron chi connectivity index (χ1n) is 5.02. The highest BCUT2D eigenvalue weighted by atomic mass is 32.3. The summed E-state index contributed by atoms with van der Waals surface area (Å²) < 4.78 is 66.9. The van der Waals surface area contributed by atoms with Crippen LogP contribution in [0.2, 0.25) is 0 Å². The van der Waals surface area contributed by atoms with Gasteiger partial charge >= 0.3 is 0 Å². The fourth-order valence-corrected chi connectivity index (χ4v) is 0. The second-order valence-electron chi connectivity index (χ2n) is 4.51. The van der Waals surface area contributed by atoms with Crippen LogP contribution in [0.15, 0.2) is 0 Å². The summed E-state index contributed by atoms with van der Waals surface area (Å²) in [6.07, 6.45) is 19.8. The van der Waals surface area contributed by atoms with Gasteiger partial charge in [-0.15, -0.1) is 0 Å². The molecule has 0 atom stereocenters. The fourth-order valence-electron chi connectivity index (χ4n) is 0. The maximum atomic E-state index is 8.63. The van der Waals surface area contributed by atoms with Crippen molar-refractivity contribution in [3.8, 4) is 0 Å². The molecule has 0 unspecified atom stereocenters. The van der Waals surface area contributed by atoms with E-state index in [2.05, 4.69) is 56.3 Å².